The van der Waals surface area contributed by atoms with E-state index in [9.17, 15) is 14.7 Å². The number of hydrogen-bond acceptors (Lipinski definition) is 4. The zero-order valence-electron chi connectivity index (χ0n) is 19.3. The number of hydrogen-bond donors (Lipinski definition) is 3. The van der Waals surface area contributed by atoms with Crippen molar-refractivity contribution in [2.45, 2.75) is 39.2 Å². The molecule has 1 atom stereocenters. The average molecular weight is 572 g/mol. The van der Waals surface area contributed by atoms with Crippen LogP contribution in [0.4, 0.5) is 4.79 Å². The number of carboxylic acids is 1. The van der Waals surface area contributed by atoms with E-state index < -0.39 is 18.2 Å². The monoisotopic (exact) mass is 572 g/mol. The normalized spacial score (nSPS) is 15.5. The first kappa shape index (κ1) is 25.4. The van der Waals surface area contributed by atoms with Gasteiger partial charge >= 0.3 is 12.1 Å². The number of carbonyl (C=O) groups excluding carboxylic acids is 1. The highest BCUT2D eigenvalue weighted by atomic mass is 127. The molecule has 0 bridgehead atoms. The van der Waals surface area contributed by atoms with Gasteiger partial charge in [0.15, 0.2) is 0 Å². The van der Waals surface area contributed by atoms with Gasteiger partial charge in [0.05, 0.1) is 5.56 Å². The molecule has 1 heterocycles. The van der Waals surface area contributed by atoms with Crippen LogP contribution in [-0.4, -0.2) is 20.7 Å². The summed E-state index contributed by atoms with van der Waals surface area (Å²) in [5, 5.41) is 9.47. The summed E-state index contributed by atoms with van der Waals surface area (Å²) in [4.78, 5) is 23.2. The Balaban J connectivity index is 1.88. The quantitative estimate of drug-likeness (QED) is 0.257. The Bertz CT molecular complexity index is 1190. The van der Waals surface area contributed by atoms with Crippen molar-refractivity contribution >= 4 is 36.3 Å². The van der Waals surface area contributed by atoms with Crippen molar-refractivity contribution in [3.63, 3.8) is 0 Å². The Kier molecular flexibility index (Phi) is 8.81. The number of primary amides is 1. The molecule has 0 saturated heterocycles. The molecule has 0 fully saturated rings. The van der Waals surface area contributed by atoms with Crippen LogP contribution in [0.5, 0.6) is 0 Å². The lowest BCUT2D eigenvalue weighted by atomic mass is 9.96. The molecule has 0 radical (unpaired) electrons. The van der Waals surface area contributed by atoms with E-state index in [0.717, 1.165) is 41.7 Å². The molecule has 0 saturated carbocycles. The van der Waals surface area contributed by atoms with Gasteiger partial charge in [0.2, 0.25) is 0 Å². The third-order valence-electron chi connectivity index (χ3n) is 5.47. The number of rotatable bonds is 8. The number of carboxylic acid groups (broad SMARTS) is 1. The average Bonchev–Trinajstić information content (AvgIpc) is 2.85. The van der Waals surface area contributed by atoms with Crippen LogP contribution in [0.25, 0.3) is 11.1 Å². The van der Waals surface area contributed by atoms with E-state index in [1.165, 1.54) is 7.09 Å². The first-order chi connectivity index (χ1) is 16.3. The van der Waals surface area contributed by atoms with Crippen LogP contribution in [0.2, 0.25) is 0 Å². The number of amides is 1. The van der Waals surface area contributed by atoms with E-state index in [-0.39, 0.29) is 26.3 Å². The van der Waals surface area contributed by atoms with Crippen LogP contribution in [0.15, 0.2) is 81.6 Å². The van der Waals surface area contributed by atoms with Crippen molar-refractivity contribution in [1.29, 1.82) is 0 Å². The van der Waals surface area contributed by atoms with Crippen molar-refractivity contribution in [2.24, 2.45) is 11.5 Å². The first-order valence-electron chi connectivity index (χ1n) is 11.0. The molecular weight excluding hydrogens is 543 g/mol. The van der Waals surface area contributed by atoms with E-state index in [2.05, 4.69) is 13.0 Å². The van der Waals surface area contributed by atoms with Gasteiger partial charge in [-0.2, -0.15) is 0 Å². The van der Waals surface area contributed by atoms with E-state index in [1.807, 2.05) is 43.3 Å². The Labute approximate surface area is 209 Å². The van der Waals surface area contributed by atoms with Crippen molar-refractivity contribution < 1.29 is 19.4 Å². The molecule has 3 rings (SSSR count). The molecule has 2 aromatic carbocycles. The van der Waals surface area contributed by atoms with Crippen molar-refractivity contribution in [1.82, 2.24) is 0 Å². The molecule has 178 valence electrons. The van der Waals surface area contributed by atoms with Crippen molar-refractivity contribution in [3.8, 4) is 11.1 Å². The van der Waals surface area contributed by atoms with Gasteiger partial charge in [-0.25, -0.2) is 9.59 Å². The second-order valence-electron chi connectivity index (χ2n) is 7.86. The van der Waals surface area contributed by atoms with E-state index >= 15 is 0 Å². The molecule has 0 aliphatic carbocycles. The van der Waals surface area contributed by atoms with Crippen LogP contribution in [-0.2, 0) is 4.74 Å². The van der Waals surface area contributed by atoms with Gasteiger partial charge in [-0.3, -0.25) is 0 Å². The van der Waals surface area contributed by atoms with Gasteiger partial charge < -0.3 is 21.3 Å². The maximum atomic E-state index is 11.6. The number of allylic oxidation sites excluding steroid dienone is 5. The fourth-order valence-electron chi connectivity index (χ4n) is 3.70. The minimum absolute atomic E-state index is 0.190. The van der Waals surface area contributed by atoms with Crippen LogP contribution in [0.3, 0.4) is 0 Å². The molecular formula is C27H29IN2O4. The molecule has 7 heteroatoms. The number of nitrogens with two attached hydrogens (primary N) is 2. The predicted molar refractivity (Wildman–Crippen MR) is 145 cm³/mol. The van der Waals surface area contributed by atoms with Gasteiger partial charge in [-0.05, 0) is 64.2 Å². The molecule has 1 unspecified atom stereocenters. The van der Waals surface area contributed by atoms with E-state index in [1.54, 1.807) is 24.3 Å². The number of aromatic carboxylic acids is 1. The summed E-state index contributed by atoms with van der Waals surface area (Å²) in [6.07, 6.45) is 7.63. The summed E-state index contributed by atoms with van der Waals surface area (Å²) in [6, 6.07) is 14.1. The zero-order chi connectivity index (χ0) is 24.7. The molecule has 2 aromatic rings. The Morgan fingerprint density at radius 1 is 1.12 bits per heavy atom. The minimum Gasteiger partial charge on any atom is -0.478 e. The maximum absolute atomic E-state index is 11.6. The Morgan fingerprint density at radius 3 is 2.47 bits per heavy atom. The molecule has 5 N–H and O–H groups in total. The molecule has 1 aliphatic rings. The van der Waals surface area contributed by atoms with Crippen LogP contribution in [0.1, 0.15) is 55.1 Å². The molecule has 1 aliphatic heterocycles. The van der Waals surface area contributed by atoms with E-state index in [0.29, 0.717) is 5.56 Å². The first-order valence-corrected chi connectivity index (χ1v) is 13.2. The van der Waals surface area contributed by atoms with Crippen LogP contribution in [0, 0.1) is 0 Å². The van der Waals surface area contributed by atoms with Gasteiger partial charge in [-0.15, -0.1) is 0 Å². The van der Waals surface area contributed by atoms with Gasteiger partial charge in [0, 0.05) is 9.21 Å². The number of carbonyl (C=O) groups is 2. The molecule has 0 spiro atoms. The van der Waals surface area contributed by atoms with Gasteiger partial charge in [-0.1, -0.05) is 82.3 Å². The standard InChI is InChI=1S/C27H29IN2O4/c1-3-20-7-6-10-23(28-20)24(29)16-11-17(2)25(34-27(30)33)19-14-12-18(13-15-19)21-8-4-5-9-22(21)26(31)32/h4-5,7-9,11-16,25H,3,6,10,29H2,1-2H3,(H2,30,33)(H,31,32)/b17-11+,24-16+. The third-order valence-corrected chi connectivity index (χ3v) is 9.18. The van der Waals surface area contributed by atoms with Crippen molar-refractivity contribution in [2.75, 3.05) is 0 Å². The SMILES string of the molecule is CCC1=CCCC(/C(N)=C\C=C(/C)C(OC(N)=O)c2ccc(-c3ccccc3C(=O)O)cc2)=I1. The molecule has 34 heavy (non-hydrogen) atoms. The second-order valence-corrected chi connectivity index (χ2v) is 11.1. The second kappa shape index (κ2) is 11.8. The molecule has 1 amide bonds. The number of halogens is 1. The molecule has 0 aromatic heterocycles. The topological polar surface area (TPSA) is 116 Å². The third kappa shape index (κ3) is 6.44. The zero-order valence-corrected chi connectivity index (χ0v) is 21.4. The smallest absolute Gasteiger partial charge is 0.405 e. The lowest BCUT2D eigenvalue weighted by Crippen LogP contribution is -2.18. The van der Waals surface area contributed by atoms with Crippen LogP contribution >= 0.6 is 20.7 Å². The van der Waals surface area contributed by atoms with Crippen LogP contribution < -0.4 is 11.5 Å². The van der Waals surface area contributed by atoms with Crippen molar-refractivity contribution in [3.05, 3.63) is 92.7 Å². The highest BCUT2D eigenvalue weighted by Crippen LogP contribution is 2.31. The molecule has 6 nitrogen and oxygen atoms in total. The summed E-state index contributed by atoms with van der Waals surface area (Å²) >= 11 is -0.190. The number of ether oxygens (including phenoxy) is 1. The minimum atomic E-state index is -0.988. The number of benzene rings is 2. The Morgan fingerprint density at radius 2 is 1.82 bits per heavy atom. The summed E-state index contributed by atoms with van der Waals surface area (Å²) < 4.78 is 8.26. The Hall–Kier alpha value is -3.20. The lowest BCUT2D eigenvalue weighted by molar-refractivity contribution is 0.0697. The lowest BCUT2D eigenvalue weighted by Gasteiger charge is -2.19. The fraction of sp³-hybridized carbons (Fsp3) is 0.222. The largest absolute Gasteiger partial charge is 0.478 e. The predicted octanol–water partition coefficient (Wildman–Crippen LogP) is 6.21. The fourth-order valence-corrected chi connectivity index (χ4v) is 6.52. The van der Waals surface area contributed by atoms with E-state index in [4.69, 9.17) is 16.2 Å². The highest BCUT2D eigenvalue weighted by Gasteiger charge is 2.18. The van der Waals surface area contributed by atoms with Gasteiger partial charge in [0.1, 0.15) is 6.10 Å². The van der Waals surface area contributed by atoms with Gasteiger partial charge in [0.25, 0.3) is 0 Å². The summed E-state index contributed by atoms with van der Waals surface area (Å²) in [7, 11) is 0. The summed E-state index contributed by atoms with van der Waals surface area (Å²) in [6.45, 7) is 4.04. The summed E-state index contributed by atoms with van der Waals surface area (Å²) in [5.41, 5.74) is 15.6. The maximum Gasteiger partial charge on any atom is 0.405 e. The summed E-state index contributed by atoms with van der Waals surface area (Å²) in [5.74, 6) is -0.988. The highest BCUT2D eigenvalue weighted by molar-refractivity contribution is 14.2.